The van der Waals surface area contributed by atoms with Crippen LogP contribution < -0.4 is 15.3 Å². The monoisotopic (exact) mass is 457 g/mol. The van der Waals surface area contributed by atoms with Gasteiger partial charge in [-0.3, -0.25) is 4.79 Å². The molecular weight excluding hydrogens is 437 g/mol. The SMILES string of the molecule is COc1ccc(C(=O)N(C)CP(=O)(c2ccccc2)c2ccccc2)cc1Br. The van der Waals surface area contributed by atoms with E-state index in [0.717, 1.165) is 10.6 Å². The van der Waals surface area contributed by atoms with E-state index in [4.69, 9.17) is 4.74 Å². The van der Waals surface area contributed by atoms with Gasteiger partial charge >= 0.3 is 0 Å². The smallest absolute Gasteiger partial charge is 0.254 e. The van der Waals surface area contributed by atoms with E-state index in [9.17, 15) is 9.36 Å². The van der Waals surface area contributed by atoms with Gasteiger partial charge in [0.1, 0.15) is 5.75 Å². The van der Waals surface area contributed by atoms with Crippen LogP contribution in [-0.4, -0.2) is 31.3 Å². The van der Waals surface area contributed by atoms with Crippen molar-refractivity contribution in [2.45, 2.75) is 0 Å². The molecule has 3 rings (SSSR count). The van der Waals surface area contributed by atoms with Crippen LogP contribution in [0.2, 0.25) is 0 Å². The zero-order valence-electron chi connectivity index (χ0n) is 15.7. The second-order valence-corrected chi connectivity index (χ2v) is 10.1. The van der Waals surface area contributed by atoms with Gasteiger partial charge in [0.05, 0.1) is 17.9 Å². The summed E-state index contributed by atoms with van der Waals surface area (Å²) in [5.41, 5.74) is 0.503. The van der Waals surface area contributed by atoms with Crippen molar-refractivity contribution < 1.29 is 14.1 Å². The summed E-state index contributed by atoms with van der Waals surface area (Å²) < 4.78 is 20.0. The van der Waals surface area contributed by atoms with Crippen molar-refractivity contribution in [2.24, 2.45) is 0 Å². The Morgan fingerprint density at radius 3 is 1.96 bits per heavy atom. The molecule has 0 aromatic heterocycles. The molecule has 4 nitrogen and oxygen atoms in total. The summed E-state index contributed by atoms with van der Waals surface area (Å²) in [6, 6.07) is 23.8. The van der Waals surface area contributed by atoms with Crippen LogP contribution in [0.15, 0.2) is 83.3 Å². The minimum absolute atomic E-state index is 0.115. The molecule has 0 unspecified atom stereocenters. The van der Waals surface area contributed by atoms with Crippen LogP contribution >= 0.6 is 23.1 Å². The van der Waals surface area contributed by atoms with Gasteiger partial charge in [-0.2, -0.15) is 0 Å². The molecule has 0 heterocycles. The summed E-state index contributed by atoms with van der Waals surface area (Å²) in [5.74, 6) is 0.453. The topological polar surface area (TPSA) is 46.6 Å². The lowest BCUT2D eigenvalue weighted by Crippen LogP contribution is -2.32. The van der Waals surface area contributed by atoms with Gasteiger partial charge in [0.2, 0.25) is 0 Å². The predicted octanol–water partition coefficient (Wildman–Crippen LogP) is 4.50. The van der Waals surface area contributed by atoms with Crippen LogP contribution in [0.25, 0.3) is 0 Å². The van der Waals surface area contributed by atoms with Gasteiger partial charge in [-0.1, -0.05) is 60.7 Å². The number of nitrogens with zero attached hydrogens (tertiary/aromatic N) is 1. The molecular formula is C22H21BrNO3P. The van der Waals surface area contributed by atoms with E-state index in [1.54, 1.807) is 32.4 Å². The van der Waals surface area contributed by atoms with E-state index in [-0.39, 0.29) is 12.2 Å². The Kier molecular flexibility index (Phi) is 6.38. The van der Waals surface area contributed by atoms with Crippen molar-refractivity contribution in [2.75, 3.05) is 20.4 Å². The number of methoxy groups -OCH3 is 1. The maximum atomic E-state index is 14.1. The van der Waals surface area contributed by atoms with Gasteiger partial charge in [0.25, 0.3) is 5.91 Å². The van der Waals surface area contributed by atoms with E-state index >= 15 is 0 Å². The summed E-state index contributed by atoms with van der Waals surface area (Å²) in [7, 11) is 0.240. The summed E-state index contributed by atoms with van der Waals surface area (Å²) in [6.45, 7) is 0. The Balaban J connectivity index is 1.94. The number of carbonyl (C=O) groups is 1. The van der Waals surface area contributed by atoms with Crippen molar-refractivity contribution in [3.05, 3.63) is 88.9 Å². The van der Waals surface area contributed by atoms with Gasteiger partial charge in [-0.15, -0.1) is 0 Å². The third-order valence-corrected chi connectivity index (χ3v) is 8.21. The minimum Gasteiger partial charge on any atom is -0.496 e. The van der Waals surface area contributed by atoms with Crippen molar-refractivity contribution in [3.8, 4) is 5.75 Å². The normalized spacial score (nSPS) is 11.1. The van der Waals surface area contributed by atoms with E-state index in [1.807, 2.05) is 60.7 Å². The standard InChI is InChI=1S/C22H21BrNO3P/c1-24(22(25)17-13-14-21(27-2)20(23)15-17)16-28(26,18-9-5-3-6-10-18)19-11-7-4-8-12-19/h3-15H,16H2,1-2H3. The number of hydrogen-bond acceptors (Lipinski definition) is 3. The molecule has 3 aromatic carbocycles. The predicted molar refractivity (Wildman–Crippen MR) is 117 cm³/mol. The Morgan fingerprint density at radius 1 is 0.964 bits per heavy atom. The lowest BCUT2D eigenvalue weighted by molar-refractivity contribution is 0.0817. The Hall–Kier alpha value is -2.36. The number of rotatable bonds is 6. The first-order valence-corrected chi connectivity index (χ1v) is 11.4. The van der Waals surface area contributed by atoms with Crippen molar-refractivity contribution in [3.63, 3.8) is 0 Å². The van der Waals surface area contributed by atoms with Crippen molar-refractivity contribution >= 4 is 39.6 Å². The quantitative estimate of drug-likeness (QED) is 0.511. The molecule has 0 aliphatic rings. The van der Waals surface area contributed by atoms with Gasteiger partial charge in [0, 0.05) is 23.2 Å². The Labute approximate surface area is 173 Å². The zero-order valence-corrected chi connectivity index (χ0v) is 18.2. The van der Waals surface area contributed by atoms with E-state index in [2.05, 4.69) is 15.9 Å². The van der Waals surface area contributed by atoms with E-state index in [0.29, 0.717) is 15.8 Å². The molecule has 0 spiro atoms. The van der Waals surface area contributed by atoms with Gasteiger partial charge in [-0.25, -0.2) is 0 Å². The molecule has 6 heteroatoms. The fourth-order valence-corrected chi connectivity index (χ4v) is 6.23. The number of ether oxygens (including phenoxy) is 1. The summed E-state index contributed by atoms with van der Waals surface area (Å²) in [6.07, 6.45) is 0.115. The average molecular weight is 458 g/mol. The first-order valence-electron chi connectivity index (χ1n) is 8.75. The van der Waals surface area contributed by atoms with Crippen molar-refractivity contribution in [1.82, 2.24) is 4.90 Å². The molecule has 0 saturated heterocycles. The molecule has 0 fully saturated rings. The molecule has 0 saturated carbocycles. The molecule has 0 aliphatic heterocycles. The highest BCUT2D eigenvalue weighted by molar-refractivity contribution is 9.10. The largest absolute Gasteiger partial charge is 0.496 e. The van der Waals surface area contributed by atoms with E-state index in [1.165, 1.54) is 4.90 Å². The highest BCUT2D eigenvalue weighted by atomic mass is 79.9. The maximum Gasteiger partial charge on any atom is 0.254 e. The lowest BCUT2D eigenvalue weighted by Gasteiger charge is -2.26. The van der Waals surface area contributed by atoms with Crippen LogP contribution in [0, 0.1) is 0 Å². The molecule has 0 atom stereocenters. The van der Waals surface area contributed by atoms with Crippen LogP contribution in [0.1, 0.15) is 10.4 Å². The molecule has 0 radical (unpaired) electrons. The fourth-order valence-electron chi connectivity index (χ4n) is 3.03. The van der Waals surface area contributed by atoms with Crippen LogP contribution in [0.3, 0.4) is 0 Å². The molecule has 0 bridgehead atoms. The average Bonchev–Trinajstić information content (AvgIpc) is 2.74. The van der Waals surface area contributed by atoms with Crippen LogP contribution in [0.4, 0.5) is 0 Å². The molecule has 144 valence electrons. The zero-order chi connectivity index (χ0) is 20.1. The number of amides is 1. The van der Waals surface area contributed by atoms with Crippen LogP contribution in [-0.2, 0) is 4.57 Å². The highest BCUT2D eigenvalue weighted by Crippen LogP contribution is 2.43. The molecule has 28 heavy (non-hydrogen) atoms. The number of carbonyl (C=O) groups excluding carboxylic acids is 1. The summed E-state index contributed by atoms with van der Waals surface area (Å²) >= 11 is 3.41. The summed E-state index contributed by atoms with van der Waals surface area (Å²) in [5, 5.41) is 1.47. The van der Waals surface area contributed by atoms with Gasteiger partial charge in [0.15, 0.2) is 7.14 Å². The fraction of sp³-hybridized carbons (Fsp3) is 0.136. The number of halogens is 1. The molecule has 0 N–H and O–H groups in total. The highest BCUT2D eigenvalue weighted by Gasteiger charge is 2.30. The first-order chi connectivity index (χ1) is 13.5. The van der Waals surface area contributed by atoms with Gasteiger partial charge in [-0.05, 0) is 34.1 Å². The lowest BCUT2D eigenvalue weighted by atomic mass is 10.2. The third kappa shape index (κ3) is 4.21. The third-order valence-electron chi connectivity index (χ3n) is 4.50. The first kappa shape index (κ1) is 20.4. The molecule has 0 aliphatic carbocycles. The maximum absolute atomic E-state index is 14.1. The summed E-state index contributed by atoms with van der Waals surface area (Å²) in [4.78, 5) is 14.5. The molecule has 3 aromatic rings. The van der Waals surface area contributed by atoms with Gasteiger partial charge < -0.3 is 14.2 Å². The molecule has 1 amide bonds. The minimum atomic E-state index is -3.01. The number of hydrogen-bond donors (Lipinski definition) is 0. The Morgan fingerprint density at radius 2 is 1.50 bits per heavy atom. The van der Waals surface area contributed by atoms with Crippen molar-refractivity contribution in [1.29, 1.82) is 0 Å². The van der Waals surface area contributed by atoms with E-state index < -0.39 is 7.14 Å². The number of benzene rings is 3. The Bertz CT molecular complexity index is 965. The second-order valence-electron chi connectivity index (χ2n) is 6.40. The second kappa shape index (κ2) is 8.76. The van der Waals surface area contributed by atoms with Crippen LogP contribution in [0.5, 0.6) is 5.75 Å².